The van der Waals surface area contributed by atoms with Crippen LogP contribution in [-0.2, 0) is 35.9 Å². The summed E-state index contributed by atoms with van der Waals surface area (Å²) >= 11 is 0. The maximum Gasteiger partial charge on any atom is 0.320 e. The molecule has 2 aromatic carbocycles. The van der Waals surface area contributed by atoms with E-state index in [0.717, 1.165) is 31.7 Å². The van der Waals surface area contributed by atoms with E-state index in [0.29, 0.717) is 53.9 Å². The second kappa shape index (κ2) is 13.1. The minimum atomic E-state index is -1.41. The van der Waals surface area contributed by atoms with Crippen LogP contribution in [0.25, 0.3) is 0 Å². The zero-order valence-corrected chi connectivity index (χ0v) is 24.9. The van der Waals surface area contributed by atoms with Crippen molar-refractivity contribution in [1.29, 1.82) is 0 Å². The Morgan fingerprint density at radius 3 is 2.19 bits per heavy atom. The molecule has 228 valence electrons. The van der Waals surface area contributed by atoms with Crippen LogP contribution in [0.3, 0.4) is 0 Å². The molecular formula is C31H40N2O9. The van der Waals surface area contributed by atoms with E-state index >= 15 is 0 Å². The van der Waals surface area contributed by atoms with Crippen LogP contribution in [0.15, 0.2) is 48.4 Å². The van der Waals surface area contributed by atoms with Crippen LogP contribution < -0.4 is 18.9 Å². The third kappa shape index (κ3) is 5.95. The Morgan fingerprint density at radius 1 is 0.929 bits per heavy atom. The average molecular weight is 585 g/mol. The van der Waals surface area contributed by atoms with Crippen molar-refractivity contribution >= 4 is 5.97 Å². The van der Waals surface area contributed by atoms with Crippen LogP contribution in [0.2, 0.25) is 0 Å². The number of hydrogen-bond acceptors (Lipinski definition) is 11. The normalized spacial score (nSPS) is 24.4. The summed E-state index contributed by atoms with van der Waals surface area (Å²) in [6.07, 6.45) is 1.86. The SMILES string of the molecule is COc1ccc(C2(OCCN3CCN(C)CC3)OC(=O)C(C3=COCO3)C2Cc2cc(OC)c(OC)c(OC)c2)cc1. The number of methoxy groups -OCH3 is 4. The number of likely N-dealkylation sites (N-methyl/N-ethyl adjacent to an activating group) is 1. The minimum absolute atomic E-state index is 0.0375. The molecule has 0 N–H and O–H groups in total. The number of esters is 1. The molecule has 0 radical (unpaired) electrons. The van der Waals surface area contributed by atoms with Gasteiger partial charge in [0.1, 0.15) is 23.7 Å². The Hall–Kier alpha value is -3.67. The molecule has 3 aliphatic rings. The first kappa shape index (κ1) is 29.8. The summed E-state index contributed by atoms with van der Waals surface area (Å²) in [5.74, 6) is -0.538. The second-order valence-corrected chi connectivity index (χ2v) is 10.6. The van der Waals surface area contributed by atoms with Crippen molar-refractivity contribution in [3.05, 3.63) is 59.5 Å². The molecule has 0 bridgehead atoms. The lowest BCUT2D eigenvalue weighted by Gasteiger charge is -2.37. The molecule has 0 aromatic heterocycles. The summed E-state index contributed by atoms with van der Waals surface area (Å²) in [6.45, 7) is 4.99. The smallest absolute Gasteiger partial charge is 0.320 e. The van der Waals surface area contributed by atoms with Gasteiger partial charge in [-0.1, -0.05) is 0 Å². The van der Waals surface area contributed by atoms with Crippen molar-refractivity contribution in [3.63, 3.8) is 0 Å². The highest BCUT2D eigenvalue weighted by Gasteiger charge is 2.60. The Kier molecular flexibility index (Phi) is 9.30. The molecule has 42 heavy (non-hydrogen) atoms. The van der Waals surface area contributed by atoms with Gasteiger partial charge in [0.2, 0.25) is 18.3 Å². The maximum atomic E-state index is 13.7. The van der Waals surface area contributed by atoms with Gasteiger partial charge in [0, 0.05) is 38.3 Å². The molecule has 11 heteroatoms. The number of hydrogen-bond donors (Lipinski definition) is 0. The van der Waals surface area contributed by atoms with Crippen LogP contribution in [0, 0.1) is 11.8 Å². The Morgan fingerprint density at radius 2 is 1.62 bits per heavy atom. The predicted octanol–water partition coefficient (Wildman–Crippen LogP) is 3.02. The molecule has 3 atom stereocenters. The molecule has 2 saturated heterocycles. The van der Waals surface area contributed by atoms with E-state index in [4.69, 9.17) is 37.9 Å². The fraction of sp³-hybridized carbons (Fsp3) is 0.516. The number of rotatable bonds is 12. The lowest BCUT2D eigenvalue weighted by Crippen LogP contribution is -2.47. The molecule has 0 aliphatic carbocycles. The Balaban J connectivity index is 1.55. The first-order valence-electron chi connectivity index (χ1n) is 14.1. The molecular weight excluding hydrogens is 544 g/mol. The van der Waals surface area contributed by atoms with Gasteiger partial charge in [-0.25, -0.2) is 0 Å². The third-order valence-corrected chi connectivity index (χ3v) is 8.19. The maximum absolute atomic E-state index is 13.7. The predicted molar refractivity (Wildman–Crippen MR) is 153 cm³/mol. The molecule has 11 nitrogen and oxygen atoms in total. The first-order chi connectivity index (χ1) is 20.4. The van der Waals surface area contributed by atoms with E-state index in [1.165, 1.54) is 6.26 Å². The number of carbonyl (C=O) groups is 1. The van der Waals surface area contributed by atoms with E-state index in [-0.39, 0.29) is 6.79 Å². The van der Waals surface area contributed by atoms with E-state index in [1.54, 1.807) is 28.4 Å². The van der Waals surface area contributed by atoms with E-state index in [9.17, 15) is 4.79 Å². The van der Waals surface area contributed by atoms with E-state index in [2.05, 4.69) is 16.8 Å². The van der Waals surface area contributed by atoms with Crippen LogP contribution in [0.1, 0.15) is 11.1 Å². The summed E-state index contributed by atoms with van der Waals surface area (Å²) in [5.41, 5.74) is 1.55. The van der Waals surface area contributed by atoms with Crippen molar-refractivity contribution in [1.82, 2.24) is 9.80 Å². The molecule has 5 rings (SSSR count). The number of benzene rings is 2. The van der Waals surface area contributed by atoms with Gasteiger partial charge in [-0.05, 0) is 55.4 Å². The zero-order chi connectivity index (χ0) is 29.7. The first-order valence-corrected chi connectivity index (χ1v) is 14.1. The van der Waals surface area contributed by atoms with Crippen LogP contribution in [0.5, 0.6) is 23.0 Å². The highest BCUT2D eigenvalue weighted by Crippen LogP contribution is 2.51. The fourth-order valence-electron chi connectivity index (χ4n) is 5.88. The standard InChI is InChI=1S/C31H40N2O9/c1-32-10-12-33(13-11-32)14-15-41-31(22-6-8-23(35-2)9-7-22)24(28(30(34)42-31)27-19-39-20-40-27)16-21-17-25(36-3)29(38-5)26(18-21)37-4/h6-9,17-19,24,28H,10-16,20H2,1-5H3. The van der Waals surface area contributed by atoms with Crippen molar-refractivity contribution in [2.75, 3.05) is 81.6 Å². The number of nitrogens with zero attached hydrogens (tertiary/aromatic N) is 2. The summed E-state index contributed by atoms with van der Waals surface area (Å²) in [6, 6.07) is 11.2. The lowest BCUT2D eigenvalue weighted by atomic mass is 9.79. The highest BCUT2D eigenvalue weighted by molar-refractivity contribution is 5.79. The monoisotopic (exact) mass is 584 g/mol. The third-order valence-electron chi connectivity index (χ3n) is 8.19. The number of ether oxygens (including phenoxy) is 8. The van der Waals surface area contributed by atoms with Crippen molar-refractivity contribution in [2.24, 2.45) is 11.8 Å². The largest absolute Gasteiger partial charge is 0.497 e. The summed E-state index contributed by atoms with van der Waals surface area (Å²) < 4.78 is 46.3. The fourth-order valence-corrected chi connectivity index (χ4v) is 5.88. The summed E-state index contributed by atoms with van der Waals surface area (Å²) in [4.78, 5) is 18.4. The topological polar surface area (TPSA) is 97.4 Å². The van der Waals surface area contributed by atoms with Crippen molar-refractivity contribution in [3.8, 4) is 23.0 Å². The molecule has 0 saturated carbocycles. The molecule has 0 spiro atoms. The van der Waals surface area contributed by atoms with Crippen molar-refractivity contribution < 1.29 is 42.7 Å². The van der Waals surface area contributed by atoms with Crippen LogP contribution in [0.4, 0.5) is 0 Å². The molecule has 2 aromatic rings. The highest BCUT2D eigenvalue weighted by atomic mass is 16.7. The van der Waals surface area contributed by atoms with E-state index < -0.39 is 23.6 Å². The number of cyclic esters (lactones) is 1. The van der Waals surface area contributed by atoms with Crippen LogP contribution in [-0.4, -0.2) is 97.4 Å². The van der Waals surface area contributed by atoms with Gasteiger partial charge in [0.15, 0.2) is 11.5 Å². The molecule has 3 aliphatic heterocycles. The van der Waals surface area contributed by atoms with E-state index in [1.807, 2.05) is 36.4 Å². The molecule has 3 heterocycles. The number of piperazine rings is 1. The molecule has 0 amide bonds. The van der Waals surface area contributed by atoms with Crippen LogP contribution >= 0.6 is 0 Å². The Bertz CT molecular complexity index is 1230. The lowest BCUT2D eigenvalue weighted by molar-refractivity contribution is -0.239. The molecule has 2 fully saturated rings. The van der Waals surface area contributed by atoms with Gasteiger partial charge in [0.25, 0.3) is 0 Å². The van der Waals surface area contributed by atoms with Gasteiger partial charge < -0.3 is 42.8 Å². The van der Waals surface area contributed by atoms with Gasteiger partial charge in [-0.15, -0.1) is 0 Å². The number of carbonyl (C=O) groups excluding carboxylic acids is 1. The Labute approximate surface area is 246 Å². The van der Waals surface area contributed by atoms with Gasteiger partial charge in [-0.2, -0.15) is 0 Å². The van der Waals surface area contributed by atoms with Gasteiger partial charge in [-0.3, -0.25) is 9.69 Å². The minimum Gasteiger partial charge on any atom is -0.497 e. The van der Waals surface area contributed by atoms with Crippen molar-refractivity contribution in [2.45, 2.75) is 12.2 Å². The summed E-state index contributed by atoms with van der Waals surface area (Å²) in [5, 5.41) is 0. The molecule has 3 unspecified atom stereocenters. The average Bonchev–Trinajstić information content (AvgIpc) is 3.64. The second-order valence-electron chi connectivity index (χ2n) is 10.6. The van der Waals surface area contributed by atoms with Gasteiger partial charge in [0.05, 0.1) is 41.0 Å². The zero-order valence-electron chi connectivity index (χ0n) is 24.9. The van der Waals surface area contributed by atoms with Gasteiger partial charge >= 0.3 is 5.97 Å². The summed E-state index contributed by atoms with van der Waals surface area (Å²) in [7, 11) is 8.45. The quantitative estimate of drug-likeness (QED) is 0.345.